The average Bonchev–Trinajstić information content (AvgIpc) is 2.76. The molecule has 0 aliphatic heterocycles. The van der Waals surface area contributed by atoms with E-state index >= 15 is 0 Å². The summed E-state index contributed by atoms with van der Waals surface area (Å²) in [6, 6.07) is 29.0. The molecule has 4 nitrogen and oxygen atoms in total. The Balaban J connectivity index is 1.65. The zero-order valence-electron chi connectivity index (χ0n) is 15.7. The zero-order chi connectivity index (χ0) is 19.8. The molecule has 1 N–H and O–H groups in total. The van der Waals surface area contributed by atoms with Gasteiger partial charge < -0.3 is 10.1 Å². The van der Waals surface area contributed by atoms with Crippen molar-refractivity contribution in [1.82, 2.24) is 5.32 Å². The van der Waals surface area contributed by atoms with E-state index in [1.165, 1.54) is 0 Å². The SMILES string of the molecule is CC(Oc1ccc(C#N)cc1)C(=O)NCC(c1ccccc1)c1ccccc1. The third kappa shape index (κ3) is 4.99. The van der Waals surface area contributed by atoms with Crippen molar-refractivity contribution in [2.24, 2.45) is 0 Å². The van der Waals surface area contributed by atoms with Gasteiger partial charge in [0.15, 0.2) is 6.10 Å². The van der Waals surface area contributed by atoms with Crippen LogP contribution in [0.4, 0.5) is 0 Å². The van der Waals surface area contributed by atoms with Crippen molar-refractivity contribution in [1.29, 1.82) is 5.26 Å². The Bertz CT molecular complexity index is 892. The van der Waals surface area contributed by atoms with Crippen molar-refractivity contribution in [3.8, 4) is 11.8 Å². The molecule has 0 radical (unpaired) electrons. The topological polar surface area (TPSA) is 62.1 Å². The molecule has 3 aromatic rings. The van der Waals surface area contributed by atoms with Crippen LogP contribution in [-0.2, 0) is 4.79 Å². The molecule has 1 amide bonds. The standard InChI is InChI=1S/C24H22N2O2/c1-18(28-22-14-12-19(16-25)13-15-22)24(27)26-17-23(20-8-4-2-5-9-20)21-10-6-3-7-11-21/h2-15,18,23H,17H2,1H3,(H,26,27). The van der Waals surface area contributed by atoms with Crippen molar-refractivity contribution in [2.75, 3.05) is 6.54 Å². The lowest BCUT2D eigenvalue weighted by atomic mass is 9.91. The van der Waals surface area contributed by atoms with Crippen LogP contribution in [0, 0.1) is 11.3 Å². The molecule has 0 aromatic heterocycles. The smallest absolute Gasteiger partial charge is 0.260 e. The highest BCUT2D eigenvalue weighted by Crippen LogP contribution is 2.23. The third-order valence-corrected chi connectivity index (χ3v) is 4.55. The highest BCUT2D eigenvalue weighted by Gasteiger charge is 2.19. The first-order valence-corrected chi connectivity index (χ1v) is 9.22. The van der Waals surface area contributed by atoms with Gasteiger partial charge in [-0.15, -0.1) is 0 Å². The molecule has 0 aliphatic rings. The fraction of sp³-hybridized carbons (Fsp3) is 0.167. The Morgan fingerprint density at radius 1 is 0.929 bits per heavy atom. The van der Waals surface area contributed by atoms with E-state index in [-0.39, 0.29) is 11.8 Å². The lowest BCUT2D eigenvalue weighted by Gasteiger charge is -2.21. The first-order valence-electron chi connectivity index (χ1n) is 9.22. The molecule has 4 heteroatoms. The maximum absolute atomic E-state index is 12.5. The molecular formula is C24H22N2O2. The first-order chi connectivity index (χ1) is 13.7. The summed E-state index contributed by atoms with van der Waals surface area (Å²) in [5, 5.41) is 11.9. The summed E-state index contributed by atoms with van der Waals surface area (Å²) < 4.78 is 5.70. The second kappa shape index (κ2) is 9.38. The summed E-state index contributed by atoms with van der Waals surface area (Å²) in [6.45, 7) is 2.20. The van der Waals surface area contributed by atoms with E-state index in [1.54, 1.807) is 31.2 Å². The van der Waals surface area contributed by atoms with Crippen molar-refractivity contribution >= 4 is 5.91 Å². The second-order valence-corrected chi connectivity index (χ2v) is 6.52. The van der Waals surface area contributed by atoms with Crippen molar-refractivity contribution in [2.45, 2.75) is 18.9 Å². The van der Waals surface area contributed by atoms with E-state index < -0.39 is 6.10 Å². The maximum Gasteiger partial charge on any atom is 0.260 e. The van der Waals surface area contributed by atoms with Gasteiger partial charge in [0.25, 0.3) is 5.91 Å². The number of hydrogen-bond donors (Lipinski definition) is 1. The Labute approximate surface area is 165 Å². The fourth-order valence-corrected chi connectivity index (χ4v) is 3.01. The number of hydrogen-bond acceptors (Lipinski definition) is 3. The number of ether oxygens (including phenoxy) is 1. The molecule has 0 heterocycles. The Morgan fingerprint density at radius 3 is 1.96 bits per heavy atom. The second-order valence-electron chi connectivity index (χ2n) is 6.52. The lowest BCUT2D eigenvalue weighted by Crippen LogP contribution is -2.38. The molecule has 0 bridgehead atoms. The maximum atomic E-state index is 12.5. The Hall–Kier alpha value is -3.58. The predicted molar refractivity (Wildman–Crippen MR) is 109 cm³/mol. The van der Waals surface area contributed by atoms with Gasteiger partial charge in [0.1, 0.15) is 5.75 Å². The van der Waals surface area contributed by atoms with Gasteiger partial charge in [0.2, 0.25) is 0 Å². The van der Waals surface area contributed by atoms with E-state index in [0.29, 0.717) is 17.9 Å². The molecule has 0 saturated heterocycles. The number of nitriles is 1. The van der Waals surface area contributed by atoms with E-state index in [1.807, 2.05) is 36.4 Å². The van der Waals surface area contributed by atoms with Gasteiger partial charge in [0, 0.05) is 12.5 Å². The minimum absolute atomic E-state index is 0.0634. The van der Waals surface area contributed by atoms with Crippen LogP contribution < -0.4 is 10.1 Å². The summed E-state index contributed by atoms with van der Waals surface area (Å²) in [5.41, 5.74) is 2.85. The van der Waals surface area contributed by atoms with Gasteiger partial charge in [-0.05, 0) is 42.3 Å². The number of benzene rings is 3. The van der Waals surface area contributed by atoms with Crippen LogP contribution >= 0.6 is 0 Å². The molecule has 0 aliphatic carbocycles. The molecule has 28 heavy (non-hydrogen) atoms. The molecular weight excluding hydrogens is 348 g/mol. The van der Waals surface area contributed by atoms with Gasteiger partial charge in [-0.3, -0.25) is 4.79 Å². The van der Waals surface area contributed by atoms with Crippen LogP contribution in [0.2, 0.25) is 0 Å². The predicted octanol–water partition coefficient (Wildman–Crippen LogP) is 4.27. The molecule has 1 atom stereocenters. The highest BCUT2D eigenvalue weighted by molar-refractivity contribution is 5.80. The number of nitrogens with one attached hydrogen (secondary N) is 1. The van der Waals surface area contributed by atoms with E-state index in [4.69, 9.17) is 10.00 Å². The minimum Gasteiger partial charge on any atom is -0.481 e. The van der Waals surface area contributed by atoms with E-state index in [0.717, 1.165) is 11.1 Å². The number of rotatable bonds is 7. The summed E-state index contributed by atoms with van der Waals surface area (Å²) in [5.74, 6) is 0.444. The number of carbonyl (C=O) groups is 1. The third-order valence-electron chi connectivity index (χ3n) is 4.55. The fourth-order valence-electron chi connectivity index (χ4n) is 3.01. The molecule has 1 unspecified atom stereocenters. The quantitative estimate of drug-likeness (QED) is 0.675. The normalized spacial score (nSPS) is 11.5. The summed E-state index contributed by atoms with van der Waals surface area (Å²) in [7, 11) is 0. The van der Waals surface area contributed by atoms with Gasteiger partial charge >= 0.3 is 0 Å². The van der Waals surface area contributed by atoms with Gasteiger partial charge in [0.05, 0.1) is 11.6 Å². The van der Waals surface area contributed by atoms with Crippen molar-refractivity contribution in [3.05, 3.63) is 102 Å². The van der Waals surface area contributed by atoms with Gasteiger partial charge in [-0.2, -0.15) is 5.26 Å². The van der Waals surface area contributed by atoms with Crippen molar-refractivity contribution < 1.29 is 9.53 Å². The molecule has 0 saturated carbocycles. The monoisotopic (exact) mass is 370 g/mol. The molecule has 0 spiro atoms. The number of amides is 1. The summed E-state index contributed by atoms with van der Waals surface area (Å²) in [4.78, 5) is 12.5. The van der Waals surface area contributed by atoms with Gasteiger partial charge in [-0.25, -0.2) is 0 Å². The zero-order valence-corrected chi connectivity index (χ0v) is 15.7. The van der Waals surface area contributed by atoms with E-state index in [9.17, 15) is 4.79 Å². The van der Waals surface area contributed by atoms with Crippen LogP contribution in [0.15, 0.2) is 84.9 Å². The van der Waals surface area contributed by atoms with Crippen LogP contribution in [0.25, 0.3) is 0 Å². The Morgan fingerprint density at radius 2 is 1.46 bits per heavy atom. The minimum atomic E-state index is -0.639. The molecule has 140 valence electrons. The largest absolute Gasteiger partial charge is 0.481 e. The lowest BCUT2D eigenvalue weighted by molar-refractivity contribution is -0.127. The molecule has 0 fully saturated rings. The van der Waals surface area contributed by atoms with E-state index in [2.05, 4.69) is 35.7 Å². The molecule has 3 aromatic carbocycles. The highest BCUT2D eigenvalue weighted by atomic mass is 16.5. The van der Waals surface area contributed by atoms with Crippen LogP contribution in [0.1, 0.15) is 29.5 Å². The van der Waals surface area contributed by atoms with Crippen molar-refractivity contribution in [3.63, 3.8) is 0 Å². The number of nitrogens with zero attached hydrogens (tertiary/aromatic N) is 1. The molecule has 3 rings (SSSR count). The summed E-state index contributed by atoms with van der Waals surface area (Å²) in [6.07, 6.45) is -0.639. The summed E-state index contributed by atoms with van der Waals surface area (Å²) >= 11 is 0. The van der Waals surface area contributed by atoms with Gasteiger partial charge in [-0.1, -0.05) is 60.7 Å². The number of carbonyl (C=O) groups excluding carboxylic acids is 1. The van der Waals surface area contributed by atoms with Crippen LogP contribution in [0.3, 0.4) is 0 Å². The average molecular weight is 370 g/mol. The Kier molecular flexibility index (Phi) is 6.43. The van der Waals surface area contributed by atoms with Crippen LogP contribution in [0.5, 0.6) is 5.75 Å². The van der Waals surface area contributed by atoms with Crippen LogP contribution in [-0.4, -0.2) is 18.6 Å². The first kappa shape index (κ1) is 19.2.